The summed E-state index contributed by atoms with van der Waals surface area (Å²) in [5, 5.41) is 11.8. The van der Waals surface area contributed by atoms with E-state index >= 15 is 0 Å². The number of aryl methyl sites for hydroxylation is 1. The van der Waals surface area contributed by atoms with Crippen LogP contribution in [-0.2, 0) is 4.79 Å². The topological polar surface area (TPSA) is 86.2 Å². The fourth-order valence-corrected chi connectivity index (χ4v) is 4.15. The first kappa shape index (κ1) is 24.2. The Morgan fingerprint density at radius 3 is 2.03 bits per heavy atom. The lowest BCUT2D eigenvalue weighted by molar-refractivity contribution is -0.115. The molecule has 1 unspecified atom stereocenters. The minimum Gasteiger partial charge on any atom is -0.497 e. The van der Waals surface area contributed by atoms with Crippen molar-refractivity contribution in [2.24, 2.45) is 0 Å². The predicted octanol–water partition coefficient (Wildman–Crippen LogP) is 5.65. The predicted molar refractivity (Wildman–Crippen MR) is 139 cm³/mol. The Morgan fingerprint density at radius 1 is 0.857 bits per heavy atom. The zero-order chi connectivity index (χ0) is 24.8. The fraction of sp³-hybridized carbons (Fsp3) is 0.185. The number of anilines is 1. The molecule has 0 bridgehead atoms. The van der Waals surface area contributed by atoms with Gasteiger partial charge in [0.25, 0.3) is 0 Å². The molecule has 4 aromatic rings. The van der Waals surface area contributed by atoms with Crippen molar-refractivity contribution in [3.05, 3.63) is 78.4 Å². The molecule has 0 saturated heterocycles. The van der Waals surface area contributed by atoms with Gasteiger partial charge in [0.15, 0.2) is 0 Å². The van der Waals surface area contributed by atoms with E-state index in [0.29, 0.717) is 16.5 Å². The number of benzene rings is 3. The summed E-state index contributed by atoms with van der Waals surface area (Å²) in [4.78, 5) is 17.6. The van der Waals surface area contributed by atoms with Crippen LogP contribution in [0.4, 0.5) is 5.69 Å². The summed E-state index contributed by atoms with van der Waals surface area (Å²) in [6.45, 7) is 3.81. The molecule has 0 radical (unpaired) electrons. The molecule has 0 saturated carbocycles. The van der Waals surface area contributed by atoms with Gasteiger partial charge in [0.05, 0.1) is 19.5 Å². The van der Waals surface area contributed by atoms with Crippen molar-refractivity contribution in [3.63, 3.8) is 0 Å². The number of hydrogen-bond donors (Lipinski definition) is 1. The number of aromatic nitrogens is 3. The number of amides is 1. The van der Waals surface area contributed by atoms with E-state index in [1.54, 1.807) is 14.2 Å². The quantitative estimate of drug-likeness (QED) is 0.322. The molecule has 0 aliphatic heterocycles. The standard InChI is InChI=1S/C27H26N4O3S/c1-17-6-5-7-21(16-17)28-26(32)18(2)35-27-29-24(19-8-12-22(33-3)13-9-19)25(30-31-27)20-10-14-23(34-4)15-11-20/h5-16,18H,1-4H3,(H,28,32). The van der Waals surface area contributed by atoms with Gasteiger partial charge in [0.2, 0.25) is 11.1 Å². The first-order valence-corrected chi connectivity index (χ1v) is 11.9. The van der Waals surface area contributed by atoms with Gasteiger partial charge < -0.3 is 14.8 Å². The van der Waals surface area contributed by atoms with Crippen LogP contribution in [0.3, 0.4) is 0 Å². The van der Waals surface area contributed by atoms with Gasteiger partial charge in [-0.1, -0.05) is 23.9 Å². The average Bonchev–Trinajstić information content (AvgIpc) is 2.89. The third-order valence-corrected chi connectivity index (χ3v) is 6.28. The zero-order valence-corrected chi connectivity index (χ0v) is 20.8. The fourth-order valence-electron chi connectivity index (χ4n) is 3.43. The van der Waals surface area contributed by atoms with Gasteiger partial charge in [0.1, 0.15) is 22.9 Å². The smallest absolute Gasteiger partial charge is 0.237 e. The number of nitrogens with zero attached hydrogens (tertiary/aromatic N) is 3. The molecule has 0 aliphatic rings. The van der Waals surface area contributed by atoms with Crippen LogP contribution in [-0.4, -0.2) is 40.6 Å². The highest BCUT2D eigenvalue weighted by molar-refractivity contribution is 8.00. The molecule has 4 rings (SSSR count). The van der Waals surface area contributed by atoms with E-state index in [0.717, 1.165) is 33.9 Å². The van der Waals surface area contributed by atoms with Crippen LogP contribution in [0.15, 0.2) is 78.0 Å². The molecule has 3 aromatic carbocycles. The maximum atomic E-state index is 12.8. The zero-order valence-electron chi connectivity index (χ0n) is 20.0. The van der Waals surface area contributed by atoms with Crippen LogP contribution < -0.4 is 14.8 Å². The Morgan fingerprint density at radius 2 is 1.46 bits per heavy atom. The van der Waals surface area contributed by atoms with Crippen molar-refractivity contribution in [1.29, 1.82) is 0 Å². The first-order valence-electron chi connectivity index (χ1n) is 11.0. The SMILES string of the molecule is COc1ccc(-c2nnc(SC(C)C(=O)Nc3cccc(C)c3)nc2-c2ccc(OC)cc2)cc1. The molecule has 178 valence electrons. The average molecular weight is 487 g/mol. The Hall–Kier alpha value is -3.91. The van der Waals surface area contributed by atoms with E-state index in [1.165, 1.54) is 11.8 Å². The van der Waals surface area contributed by atoms with Crippen LogP contribution in [0, 0.1) is 6.92 Å². The van der Waals surface area contributed by atoms with Crippen molar-refractivity contribution in [2.75, 3.05) is 19.5 Å². The van der Waals surface area contributed by atoms with Crippen molar-refractivity contribution < 1.29 is 14.3 Å². The Labute approximate surface area is 208 Å². The molecule has 0 spiro atoms. The lowest BCUT2D eigenvalue weighted by Gasteiger charge is -2.13. The number of nitrogens with one attached hydrogen (secondary N) is 1. The summed E-state index contributed by atoms with van der Waals surface area (Å²) in [6.07, 6.45) is 0. The van der Waals surface area contributed by atoms with Crippen LogP contribution in [0.25, 0.3) is 22.5 Å². The van der Waals surface area contributed by atoms with Crippen LogP contribution in [0.5, 0.6) is 11.5 Å². The highest BCUT2D eigenvalue weighted by atomic mass is 32.2. The Bertz CT molecular complexity index is 1310. The monoisotopic (exact) mass is 486 g/mol. The highest BCUT2D eigenvalue weighted by Crippen LogP contribution is 2.32. The first-order chi connectivity index (χ1) is 17.0. The molecule has 0 fully saturated rings. The molecule has 1 amide bonds. The number of rotatable bonds is 8. The molecule has 1 atom stereocenters. The Kier molecular flexibility index (Phi) is 7.62. The van der Waals surface area contributed by atoms with Crippen molar-refractivity contribution in [3.8, 4) is 34.0 Å². The summed E-state index contributed by atoms with van der Waals surface area (Å²) in [5.74, 6) is 1.37. The van der Waals surface area contributed by atoms with Crippen LogP contribution in [0.2, 0.25) is 0 Å². The van der Waals surface area contributed by atoms with Crippen LogP contribution >= 0.6 is 11.8 Å². The molecule has 1 heterocycles. The maximum absolute atomic E-state index is 12.8. The summed E-state index contributed by atoms with van der Waals surface area (Å²) in [5.41, 5.74) is 4.87. The third-order valence-electron chi connectivity index (χ3n) is 5.33. The third kappa shape index (κ3) is 5.96. The van der Waals surface area contributed by atoms with Gasteiger partial charge in [0, 0.05) is 16.8 Å². The summed E-state index contributed by atoms with van der Waals surface area (Å²) in [7, 11) is 3.25. The number of carbonyl (C=O) groups is 1. The highest BCUT2D eigenvalue weighted by Gasteiger charge is 2.20. The van der Waals surface area contributed by atoms with Gasteiger partial charge >= 0.3 is 0 Å². The van der Waals surface area contributed by atoms with E-state index in [2.05, 4.69) is 15.5 Å². The number of carbonyl (C=O) groups excluding carboxylic acids is 1. The van der Waals surface area contributed by atoms with Gasteiger partial charge in [-0.15, -0.1) is 10.2 Å². The molecular weight excluding hydrogens is 460 g/mol. The lowest BCUT2D eigenvalue weighted by atomic mass is 10.0. The Balaban J connectivity index is 1.63. The summed E-state index contributed by atoms with van der Waals surface area (Å²) >= 11 is 1.26. The van der Waals surface area contributed by atoms with E-state index in [4.69, 9.17) is 14.5 Å². The number of methoxy groups -OCH3 is 2. The molecule has 1 aromatic heterocycles. The van der Waals surface area contributed by atoms with Gasteiger partial charge in [-0.25, -0.2) is 4.98 Å². The number of hydrogen-bond acceptors (Lipinski definition) is 7. The second-order valence-corrected chi connectivity index (χ2v) is 9.18. The second kappa shape index (κ2) is 11.0. The van der Waals surface area contributed by atoms with Crippen molar-refractivity contribution in [2.45, 2.75) is 24.3 Å². The summed E-state index contributed by atoms with van der Waals surface area (Å²) < 4.78 is 10.6. The number of ether oxygens (including phenoxy) is 2. The van der Waals surface area contributed by atoms with Crippen molar-refractivity contribution in [1.82, 2.24) is 15.2 Å². The second-order valence-electron chi connectivity index (χ2n) is 7.87. The van der Waals surface area contributed by atoms with Crippen LogP contribution in [0.1, 0.15) is 12.5 Å². The molecule has 7 nitrogen and oxygen atoms in total. The lowest BCUT2D eigenvalue weighted by Crippen LogP contribution is -2.22. The van der Waals surface area contributed by atoms with Gasteiger partial charge in [-0.3, -0.25) is 4.79 Å². The summed E-state index contributed by atoms with van der Waals surface area (Å²) in [6, 6.07) is 22.9. The minimum atomic E-state index is -0.423. The minimum absolute atomic E-state index is 0.130. The van der Waals surface area contributed by atoms with Crippen molar-refractivity contribution >= 4 is 23.4 Å². The van der Waals surface area contributed by atoms with Gasteiger partial charge in [-0.05, 0) is 80.1 Å². The molecular formula is C27H26N4O3S. The largest absolute Gasteiger partial charge is 0.497 e. The normalized spacial score (nSPS) is 11.5. The van der Waals surface area contributed by atoms with E-state index < -0.39 is 5.25 Å². The molecule has 0 aliphatic carbocycles. The molecule has 35 heavy (non-hydrogen) atoms. The molecule has 8 heteroatoms. The number of thioether (sulfide) groups is 1. The molecule has 1 N–H and O–H groups in total. The van der Waals surface area contributed by atoms with E-state index in [9.17, 15) is 4.79 Å². The van der Waals surface area contributed by atoms with E-state index in [1.807, 2.05) is 86.6 Å². The maximum Gasteiger partial charge on any atom is 0.237 e. The van der Waals surface area contributed by atoms with E-state index in [-0.39, 0.29) is 5.91 Å². The van der Waals surface area contributed by atoms with Gasteiger partial charge in [-0.2, -0.15) is 0 Å².